The van der Waals surface area contributed by atoms with Crippen LogP contribution < -0.4 is 10.5 Å². The molecule has 32 heavy (non-hydrogen) atoms. The molecule has 1 unspecified atom stereocenters. The van der Waals surface area contributed by atoms with E-state index in [1.54, 1.807) is 48.5 Å². The molecule has 0 aromatic heterocycles. The molecule has 3 N–H and O–H groups in total. The molecule has 0 saturated carbocycles. The van der Waals surface area contributed by atoms with Crippen molar-refractivity contribution in [2.75, 3.05) is 33.8 Å². The van der Waals surface area contributed by atoms with Crippen molar-refractivity contribution in [3.63, 3.8) is 0 Å². The molecule has 1 atom stereocenters. The number of benzene rings is 2. The summed E-state index contributed by atoms with van der Waals surface area (Å²) in [4.78, 5) is 40.1. The molecule has 8 nitrogen and oxygen atoms in total. The van der Waals surface area contributed by atoms with Gasteiger partial charge in [-0.1, -0.05) is 40.2 Å². The minimum absolute atomic E-state index is 0.0295. The molecule has 2 amide bonds. The molecule has 3 rings (SSSR count). The van der Waals surface area contributed by atoms with Crippen LogP contribution in [-0.2, 0) is 14.4 Å². The lowest BCUT2D eigenvalue weighted by Crippen LogP contribution is -2.35. The lowest BCUT2D eigenvalue weighted by Gasteiger charge is -2.26. The van der Waals surface area contributed by atoms with Crippen molar-refractivity contribution in [3.05, 3.63) is 69.7 Å². The number of amides is 2. The number of rotatable bonds is 8. The Morgan fingerprint density at radius 1 is 1.12 bits per heavy atom. The fraction of sp³-hybridized carbons (Fsp3) is 0.261. The highest BCUT2D eigenvalue weighted by Crippen LogP contribution is 2.39. The summed E-state index contributed by atoms with van der Waals surface area (Å²) in [5.74, 6) is -1.80. The zero-order valence-corrected chi connectivity index (χ0v) is 19.3. The Hall–Kier alpha value is -3.17. The van der Waals surface area contributed by atoms with Gasteiger partial charge in [0.25, 0.3) is 17.6 Å². The molecule has 2 aromatic rings. The molecule has 0 aliphatic carbocycles. The number of nitrogens with two attached hydrogens (primary N) is 1. The number of carbonyl (C=O) groups is 3. The quantitative estimate of drug-likeness (QED) is 0.326. The number of nitrogens with zero attached hydrogens (tertiary/aromatic N) is 2. The molecular formula is C23H24BrN3O5. The first-order valence-electron chi connectivity index (χ1n) is 9.89. The second-order valence-corrected chi connectivity index (χ2v) is 8.54. The van der Waals surface area contributed by atoms with Crippen molar-refractivity contribution < 1.29 is 24.2 Å². The van der Waals surface area contributed by atoms with E-state index in [2.05, 4.69) is 15.9 Å². The minimum Gasteiger partial charge on any atom is -0.507 e. The Bertz CT molecular complexity index is 1050. The van der Waals surface area contributed by atoms with E-state index in [0.29, 0.717) is 30.0 Å². The Morgan fingerprint density at radius 2 is 1.75 bits per heavy atom. The first-order valence-corrected chi connectivity index (χ1v) is 10.7. The number of likely N-dealkylation sites (N-methyl/N-ethyl adjacent to an activating group) is 1. The number of primary amides is 1. The third-order valence-electron chi connectivity index (χ3n) is 5.02. The maximum atomic E-state index is 13.0. The SMILES string of the molecule is CN(C)CCN1C(=O)C(=O)C(=C(O)c2ccc(Br)cc2)C1c1ccc(OCC(N)=O)cc1. The first-order chi connectivity index (χ1) is 15.2. The fourth-order valence-electron chi connectivity index (χ4n) is 3.43. The number of ketones is 1. The van der Waals surface area contributed by atoms with Gasteiger partial charge in [-0.3, -0.25) is 14.4 Å². The number of halogens is 1. The fourth-order valence-corrected chi connectivity index (χ4v) is 3.69. The predicted molar refractivity (Wildman–Crippen MR) is 123 cm³/mol. The Kier molecular flexibility index (Phi) is 7.32. The Morgan fingerprint density at radius 3 is 2.31 bits per heavy atom. The Balaban J connectivity index is 2.05. The van der Waals surface area contributed by atoms with Crippen LogP contribution in [0.2, 0.25) is 0 Å². The summed E-state index contributed by atoms with van der Waals surface area (Å²) in [6, 6.07) is 12.7. The highest BCUT2D eigenvalue weighted by Gasteiger charge is 2.45. The number of ether oxygens (including phenoxy) is 1. The van der Waals surface area contributed by atoms with Gasteiger partial charge < -0.3 is 25.4 Å². The summed E-state index contributed by atoms with van der Waals surface area (Å²) >= 11 is 3.35. The van der Waals surface area contributed by atoms with Crippen molar-refractivity contribution >= 4 is 39.3 Å². The van der Waals surface area contributed by atoms with Gasteiger partial charge >= 0.3 is 0 Å². The normalized spacial score (nSPS) is 17.8. The van der Waals surface area contributed by atoms with Crippen molar-refractivity contribution in [3.8, 4) is 5.75 Å². The molecule has 9 heteroatoms. The van der Waals surface area contributed by atoms with Gasteiger partial charge in [0.2, 0.25) is 0 Å². The van der Waals surface area contributed by atoms with E-state index < -0.39 is 23.6 Å². The summed E-state index contributed by atoms with van der Waals surface area (Å²) in [5.41, 5.74) is 6.20. The minimum atomic E-state index is -0.760. The second kappa shape index (κ2) is 9.97. The largest absolute Gasteiger partial charge is 0.507 e. The predicted octanol–water partition coefficient (Wildman–Crippen LogP) is 2.30. The molecule has 1 saturated heterocycles. The molecule has 0 bridgehead atoms. The monoisotopic (exact) mass is 501 g/mol. The molecule has 0 radical (unpaired) electrons. The summed E-state index contributed by atoms with van der Waals surface area (Å²) in [7, 11) is 3.75. The number of aliphatic hydroxyl groups is 1. The van der Waals surface area contributed by atoms with E-state index >= 15 is 0 Å². The van der Waals surface area contributed by atoms with Crippen LogP contribution >= 0.6 is 15.9 Å². The number of carbonyl (C=O) groups excluding carboxylic acids is 3. The van der Waals surface area contributed by atoms with Crippen molar-refractivity contribution in [2.24, 2.45) is 5.73 Å². The highest BCUT2D eigenvalue weighted by atomic mass is 79.9. The van der Waals surface area contributed by atoms with E-state index in [1.165, 1.54) is 4.90 Å². The lowest BCUT2D eigenvalue weighted by molar-refractivity contribution is -0.140. The number of aliphatic hydroxyl groups excluding tert-OH is 1. The van der Waals surface area contributed by atoms with Crippen LogP contribution in [0.4, 0.5) is 0 Å². The van der Waals surface area contributed by atoms with E-state index in [9.17, 15) is 19.5 Å². The van der Waals surface area contributed by atoms with Gasteiger partial charge in [-0.2, -0.15) is 0 Å². The van der Waals surface area contributed by atoms with Gasteiger partial charge in [0.05, 0.1) is 11.6 Å². The van der Waals surface area contributed by atoms with Crippen molar-refractivity contribution in [1.29, 1.82) is 0 Å². The average molecular weight is 502 g/mol. The molecule has 0 spiro atoms. The maximum Gasteiger partial charge on any atom is 0.295 e. The lowest BCUT2D eigenvalue weighted by atomic mass is 9.95. The third-order valence-corrected chi connectivity index (χ3v) is 5.55. The topological polar surface area (TPSA) is 113 Å². The number of likely N-dealkylation sites (tertiary alicyclic amines) is 1. The van der Waals surface area contributed by atoms with Gasteiger partial charge in [-0.15, -0.1) is 0 Å². The van der Waals surface area contributed by atoms with Crippen LogP contribution in [0.3, 0.4) is 0 Å². The molecule has 1 fully saturated rings. The summed E-state index contributed by atoms with van der Waals surface area (Å²) < 4.78 is 6.12. The summed E-state index contributed by atoms with van der Waals surface area (Å²) in [6.45, 7) is 0.588. The van der Waals surface area contributed by atoms with Crippen molar-refractivity contribution in [2.45, 2.75) is 6.04 Å². The molecular weight excluding hydrogens is 478 g/mol. The van der Waals surface area contributed by atoms with Crippen LogP contribution in [0.25, 0.3) is 5.76 Å². The standard InChI is InChI=1S/C23H24BrN3O5/c1-26(2)11-12-27-20(14-5-9-17(10-6-14)32-13-18(25)28)19(22(30)23(27)31)21(29)15-3-7-16(24)8-4-15/h3-10,20,29H,11-13H2,1-2H3,(H2,25,28). The highest BCUT2D eigenvalue weighted by molar-refractivity contribution is 9.10. The van der Waals surface area contributed by atoms with E-state index in [4.69, 9.17) is 10.5 Å². The van der Waals surface area contributed by atoms with E-state index in [1.807, 2.05) is 19.0 Å². The van der Waals surface area contributed by atoms with E-state index in [-0.39, 0.29) is 17.9 Å². The smallest absolute Gasteiger partial charge is 0.295 e. The van der Waals surface area contributed by atoms with Gasteiger partial charge in [0.1, 0.15) is 11.5 Å². The second-order valence-electron chi connectivity index (χ2n) is 7.63. The molecule has 1 aliphatic heterocycles. The number of hydrogen-bond donors (Lipinski definition) is 2. The average Bonchev–Trinajstić information content (AvgIpc) is 3.01. The summed E-state index contributed by atoms with van der Waals surface area (Å²) in [6.07, 6.45) is 0. The van der Waals surface area contributed by atoms with Crippen LogP contribution in [0.1, 0.15) is 17.2 Å². The van der Waals surface area contributed by atoms with Gasteiger partial charge in [0.15, 0.2) is 6.61 Å². The first kappa shape index (κ1) is 23.5. The molecule has 1 heterocycles. The Labute approximate surface area is 194 Å². The number of Topliss-reactive ketones (excluding diaryl/α,β-unsaturated/α-hetero) is 1. The molecule has 2 aromatic carbocycles. The zero-order chi connectivity index (χ0) is 23.4. The molecule has 1 aliphatic rings. The number of hydrogen-bond acceptors (Lipinski definition) is 6. The van der Waals surface area contributed by atoms with Gasteiger partial charge in [0, 0.05) is 23.1 Å². The van der Waals surface area contributed by atoms with Gasteiger partial charge in [-0.25, -0.2) is 0 Å². The summed E-state index contributed by atoms with van der Waals surface area (Å²) in [5, 5.41) is 11.0. The van der Waals surface area contributed by atoms with Crippen LogP contribution in [0.15, 0.2) is 58.6 Å². The third kappa shape index (κ3) is 5.17. The van der Waals surface area contributed by atoms with Crippen molar-refractivity contribution in [1.82, 2.24) is 9.80 Å². The maximum absolute atomic E-state index is 13.0. The van der Waals surface area contributed by atoms with Crippen LogP contribution in [0, 0.1) is 0 Å². The van der Waals surface area contributed by atoms with Crippen LogP contribution in [-0.4, -0.2) is 66.3 Å². The van der Waals surface area contributed by atoms with Crippen LogP contribution in [0.5, 0.6) is 5.75 Å². The molecule has 168 valence electrons. The van der Waals surface area contributed by atoms with E-state index in [0.717, 1.165) is 4.47 Å². The zero-order valence-electron chi connectivity index (χ0n) is 17.7. The van der Waals surface area contributed by atoms with Gasteiger partial charge in [-0.05, 0) is 43.9 Å².